The van der Waals surface area contributed by atoms with Crippen LogP contribution in [0.1, 0.15) is 11.1 Å². The van der Waals surface area contributed by atoms with Crippen molar-refractivity contribution in [2.75, 3.05) is 18.5 Å². The number of rotatable bonds is 6. The average Bonchev–Trinajstić information content (AvgIpc) is 2.77. The number of hydrogen-bond donors (Lipinski definition) is 2. The summed E-state index contributed by atoms with van der Waals surface area (Å²) in [4.78, 5) is 15.5. The van der Waals surface area contributed by atoms with E-state index in [0.29, 0.717) is 35.8 Å². The van der Waals surface area contributed by atoms with Gasteiger partial charge in [0.25, 0.3) is 0 Å². The smallest absolute Gasteiger partial charge is 0.246 e. The number of morpholine rings is 1. The largest absolute Gasteiger partial charge is 0.454 e. The summed E-state index contributed by atoms with van der Waals surface area (Å²) < 4.78 is 25.4. The van der Waals surface area contributed by atoms with Crippen LogP contribution < -0.4 is 15.4 Å². The van der Waals surface area contributed by atoms with E-state index in [1.54, 1.807) is 36.5 Å². The molecular weight excluding hydrogens is 399 g/mol. The van der Waals surface area contributed by atoms with Crippen molar-refractivity contribution in [3.63, 3.8) is 0 Å². The lowest BCUT2D eigenvalue weighted by atomic mass is 10.1. The van der Waals surface area contributed by atoms with Crippen LogP contribution in [-0.4, -0.2) is 30.1 Å². The first-order valence-corrected chi connectivity index (χ1v) is 9.66. The molecule has 1 fully saturated rings. The Balaban J connectivity index is 1.40. The van der Waals surface area contributed by atoms with Gasteiger partial charge in [0.1, 0.15) is 24.2 Å². The van der Waals surface area contributed by atoms with Crippen LogP contribution in [0.2, 0.25) is 0 Å². The predicted octanol–water partition coefficient (Wildman–Crippen LogP) is 3.69. The molecule has 0 saturated carbocycles. The SMILES string of the molecule is N#Cc1cccnc1Nc1ccc(Oc2ccc(CC3COCC(=O)N3)cc2)c(F)c1. The van der Waals surface area contributed by atoms with Crippen molar-refractivity contribution < 1.29 is 18.7 Å². The molecule has 156 valence electrons. The molecule has 1 unspecified atom stereocenters. The highest BCUT2D eigenvalue weighted by Crippen LogP contribution is 2.28. The number of benzene rings is 2. The highest BCUT2D eigenvalue weighted by Gasteiger charge is 2.18. The van der Waals surface area contributed by atoms with Gasteiger partial charge < -0.3 is 20.1 Å². The summed E-state index contributed by atoms with van der Waals surface area (Å²) >= 11 is 0. The Morgan fingerprint density at radius 2 is 2.10 bits per heavy atom. The first-order valence-electron chi connectivity index (χ1n) is 9.66. The van der Waals surface area contributed by atoms with Gasteiger partial charge in [0.05, 0.1) is 18.2 Å². The third-order valence-corrected chi connectivity index (χ3v) is 4.67. The maximum Gasteiger partial charge on any atom is 0.246 e. The Kier molecular flexibility index (Phi) is 6.05. The number of hydrogen-bond acceptors (Lipinski definition) is 6. The van der Waals surface area contributed by atoms with Crippen LogP contribution in [-0.2, 0) is 16.0 Å². The fourth-order valence-corrected chi connectivity index (χ4v) is 3.21. The molecule has 7 nitrogen and oxygen atoms in total. The number of ether oxygens (including phenoxy) is 2. The summed E-state index contributed by atoms with van der Waals surface area (Å²) in [6.07, 6.45) is 2.19. The third kappa shape index (κ3) is 5.15. The van der Waals surface area contributed by atoms with Crippen molar-refractivity contribution >= 4 is 17.4 Å². The summed E-state index contributed by atoms with van der Waals surface area (Å²) in [5, 5.41) is 15.0. The number of nitriles is 1. The zero-order valence-corrected chi connectivity index (χ0v) is 16.5. The van der Waals surface area contributed by atoms with E-state index < -0.39 is 5.82 Å². The first-order chi connectivity index (χ1) is 15.1. The fourth-order valence-electron chi connectivity index (χ4n) is 3.21. The number of carbonyl (C=O) groups is 1. The fraction of sp³-hybridized carbons (Fsp3) is 0.174. The van der Waals surface area contributed by atoms with Crippen LogP contribution in [0.5, 0.6) is 11.5 Å². The Morgan fingerprint density at radius 3 is 2.84 bits per heavy atom. The highest BCUT2D eigenvalue weighted by molar-refractivity contribution is 5.78. The molecule has 1 atom stereocenters. The van der Waals surface area contributed by atoms with Gasteiger partial charge in [0.2, 0.25) is 5.91 Å². The number of pyridine rings is 1. The van der Waals surface area contributed by atoms with E-state index in [1.807, 2.05) is 18.2 Å². The summed E-state index contributed by atoms with van der Waals surface area (Å²) in [6.45, 7) is 0.578. The molecule has 0 bridgehead atoms. The van der Waals surface area contributed by atoms with Crippen molar-refractivity contribution in [3.05, 3.63) is 77.7 Å². The molecule has 2 heterocycles. The summed E-state index contributed by atoms with van der Waals surface area (Å²) in [5.74, 6) is 0.256. The molecule has 2 N–H and O–H groups in total. The van der Waals surface area contributed by atoms with Crippen molar-refractivity contribution in [1.29, 1.82) is 5.26 Å². The van der Waals surface area contributed by atoms with Gasteiger partial charge in [-0.25, -0.2) is 9.37 Å². The summed E-state index contributed by atoms with van der Waals surface area (Å²) in [7, 11) is 0. The molecule has 4 rings (SSSR count). The molecule has 0 spiro atoms. The van der Waals surface area contributed by atoms with Gasteiger partial charge in [-0.2, -0.15) is 5.26 Å². The van der Waals surface area contributed by atoms with E-state index in [1.165, 1.54) is 12.1 Å². The number of anilines is 2. The molecule has 1 saturated heterocycles. The number of nitrogens with one attached hydrogen (secondary N) is 2. The number of aromatic nitrogens is 1. The van der Waals surface area contributed by atoms with E-state index in [9.17, 15) is 9.18 Å². The minimum Gasteiger partial charge on any atom is -0.454 e. The summed E-state index contributed by atoms with van der Waals surface area (Å²) in [6, 6.07) is 16.9. The summed E-state index contributed by atoms with van der Waals surface area (Å²) in [5.41, 5.74) is 1.82. The lowest BCUT2D eigenvalue weighted by Gasteiger charge is -2.23. The van der Waals surface area contributed by atoms with E-state index in [0.717, 1.165) is 5.56 Å². The monoisotopic (exact) mass is 418 g/mol. The molecule has 0 radical (unpaired) electrons. The highest BCUT2D eigenvalue weighted by atomic mass is 19.1. The van der Waals surface area contributed by atoms with Crippen LogP contribution in [0.3, 0.4) is 0 Å². The maximum absolute atomic E-state index is 14.5. The molecule has 3 aromatic rings. The first kappa shape index (κ1) is 20.3. The maximum atomic E-state index is 14.5. The second-order valence-electron chi connectivity index (χ2n) is 7.01. The van der Waals surface area contributed by atoms with Gasteiger partial charge in [0, 0.05) is 18.0 Å². The van der Waals surface area contributed by atoms with Crippen LogP contribution in [0.15, 0.2) is 60.8 Å². The minimum atomic E-state index is -0.550. The lowest BCUT2D eigenvalue weighted by Crippen LogP contribution is -2.46. The number of nitrogens with zero attached hydrogens (tertiary/aromatic N) is 2. The topological polar surface area (TPSA) is 96.3 Å². The van der Waals surface area contributed by atoms with Crippen LogP contribution in [0, 0.1) is 17.1 Å². The molecule has 8 heteroatoms. The standard InChI is InChI=1S/C23H19FN4O3/c24-20-11-17(28-23-16(12-25)2-1-9-26-23)5-8-21(20)31-19-6-3-15(4-7-19)10-18-13-30-14-22(29)27-18/h1-9,11,18H,10,13-14H2,(H,26,28)(H,27,29). The van der Waals surface area contributed by atoms with Gasteiger partial charge in [-0.15, -0.1) is 0 Å². The quantitative estimate of drug-likeness (QED) is 0.634. The van der Waals surface area contributed by atoms with E-state index in [-0.39, 0.29) is 24.3 Å². The number of amides is 1. The van der Waals surface area contributed by atoms with Gasteiger partial charge in [-0.05, 0) is 48.4 Å². The normalized spacial score (nSPS) is 15.6. The molecule has 1 aliphatic rings. The third-order valence-electron chi connectivity index (χ3n) is 4.67. The van der Waals surface area contributed by atoms with Crippen molar-refractivity contribution in [2.24, 2.45) is 0 Å². The molecule has 1 aromatic heterocycles. The van der Waals surface area contributed by atoms with Crippen molar-refractivity contribution in [3.8, 4) is 17.6 Å². The molecule has 0 aliphatic carbocycles. The second kappa shape index (κ2) is 9.24. The zero-order valence-electron chi connectivity index (χ0n) is 16.5. The average molecular weight is 418 g/mol. The molecule has 1 amide bonds. The van der Waals surface area contributed by atoms with Crippen LogP contribution in [0.4, 0.5) is 15.9 Å². The number of halogens is 1. The van der Waals surface area contributed by atoms with Crippen molar-refractivity contribution in [2.45, 2.75) is 12.5 Å². The van der Waals surface area contributed by atoms with Crippen molar-refractivity contribution in [1.82, 2.24) is 10.3 Å². The molecular formula is C23H19FN4O3. The van der Waals surface area contributed by atoms with Gasteiger partial charge >= 0.3 is 0 Å². The molecule has 2 aromatic carbocycles. The minimum absolute atomic E-state index is 0.0637. The molecule has 31 heavy (non-hydrogen) atoms. The molecule has 1 aliphatic heterocycles. The Bertz CT molecular complexity index is 1130. The van der Waals surface area contributed by atoms with Crippen LogP contribution >= 0.6 is 0 Å². The van der Waals surface area contributed by atoms with Gasteiger partial charge in [-0.1, -0.05) is 12.1 Å². The lowest BCUT2D eigenvalue weighted by molar-refractivity contribution is -0.131. The van der Waals surface area contributed by atoms with E-state index >= 15 is 0 Å². The Morgan fingerprint density at radius 1 is 1.26 bits per heavy atom. The Labute approximate surface area is 178 Å². The predicted molar refractivity (Wildman–Crippen MR) is 112 cm³/mol. The van der Waals surface area contributed by atoms with Crippen LogP contribution in [0.25, 0.3) is 0 Å². The second-order valence-corrected chi connectivity index (χ2v) is 7.01. The Hall–Kier alpha value is -3.96. The van der Waals surface area contributed by atoms with Gasteiger partial charge in [-0.3, -0.25) is 4.79 Å². The number of carbonyl (C=O) groups excluding carboxylic acids is 1. The van der Waals surface area contributed by atoms with Gasteiger partial charge in [0.15, 0.2) is 11.6 Å². The van der Waals surface area contributed by atoms with E-state index in [2.05, 4.69) is 15.6 Å². The van der Waals surface area contributed by atoms with E-state index in [4.69, 9.17) is 14.7 Å². The zero-order chi connectivity index (χ0) is 21.6.